The van der Waals surface area contributed by atoms with E-state index in [1.54, 1.807) is 13.3 Å². The number of oxime groups is 1. The van der Waals surface area contributed by atoms with Gasteiger partial charge < -0.3 is 23.3 Å². The van der Waals surface area contributed by atoms with Crippen LogP contribution in [0.25, 0.3) is 0 Å². The van der Waals surface area contributed by atoms with Crippen LogP contribution in [-0.4, -0.2) is 45.8 Å². The highest BCUT2D eigenvalue weighted by Crippen LogP contribution is 2.44. The molecular weight excluding hydrogens is 309 g/mol. The maximum absolute atomic E-state index is 5.51. The Hall–Kier alpha value is -1.51. The summed E-state index contributed by atoms with van der Waals surface area (Å²) < 4.78 is 20.8. The van der Waals surface area contributed by atoms with Gasteiger partial charge in [0.1, 0.15) is 25.2 Å². The first kappa shape index (κ1) is 17.3. The Morgan fingerprint density at radius 1 is 1.08 bits per heavy atom. The zero-order valence-corrected chi connectivity index (χ0v) is 14.5. The standard InChI is InChI=1S/C11H12N2O2.C3H9B3O3/c1-14-13-9-6-15-10-5-12-4-8(11(9)10)7-2-3-7;1-4-7-5(2)9-6(3)8-4/h4-5,7H,2-3,6H2,1H3;1-3H3. The van der Waals surface area contributed by atoms with Crippen LogP contribution in [0.5, 0.6) is 5.75 Å². The number of hydrogen-bond donors (Lipinski definition) is 0. The first-order valence-corrected chi connectivity index (χ1v) is 8.26. The summed E-state index contributed by atoms with van der Waals surface area (Å²) in [6, 6.07) is 0. The van der Waals surface area contributed by atoms with Crippen LogP contribution in [0.15, 0.2) is 17.5 Å². The lowest BCUT2D eigenvalue weighted by atomic mass is 9.74. The molecule has 24 heavy (non-hydrogen) atoms. The van der Waals surface area contributed by atoms with E-state index < -0.39 is 0 Å². The van der Waals surface area contributed by atoms with E-state index in [0.717, 1.165) is 17.0 Å². The van der Waals surface area contributed by atoms with Crippen molar-refractivity contribution in [3.63, 3.8) is 0 Å². The normalized spacial score (nSPS) is 21.2. The van der Waals surface area contributed by atoms with Crippen molar-refractivity contribution in [2.45, 2.75) is 39.2 Å². The van der Waals surface area contributed by atoms with Crippen molar-refractivity contribution >= 4 is 27.1 Å². The second-order valence-electron chi connectivity index (χ2n) is 6.00. The Morgan fingerprint density at radius 2 is 1.71 bits per heavy atom. The van der Waals surface area contributed by atoms with Gasteiger partial charge in [-0.15, -0.1) is 0 Å². The molecule has 2 fully saturated rings. The Morgan fingerprint density at radius 3 is 2.25 bits per heavy atom. The molecule has 10 heteroatoms. The Balaban J connectivity index is 0.000000162. The molecule has 1 saturated carbocycles. The second kappa shape index (κ2) is 7.59. The topological polar surface area (TPSA) is 71.4 Å². The molecule has 1 saturated heterocycles. The average Bonchev–Trinajstić information content (AvgIpc) is 3.29. The van der Waals surface area contributed by atoms with Gasteiger partial charge in [0, 0.05) is 6.20 Å². The lowest BCUT2D eigenvalue weighted by Gasteiger charge is -2.25. The van der Waals surface area contributed by atoms with Crippen molar-refractivity contribution in [3.05, 3.63) is 23.5 Å². The molecule has 1 aromatic rings. The molecule has 0 bridgehead atoms. The third kappa shape index (κ3) is 4.12. The maximum Gasteiger partial charge on any atom is 0.426 e. The van der Waals surface area contributed by atoms with Crippen LogP contribution in [0.1, 0.15) is 29.9 Å². The molecule has 0 radical (unpaired) electrons. The largest absolute Gasteiger partial charge is 0.485 e. The van der Waals surface area contributed by atoms with Crippen LogP contribution in [-0.2, 0) is 18.6 Å². The number of rotatable bonds is 2. The molecule has 1 aromatic heterocycles. The molecule has 0 N–H and O–H groups in total. The van der Waals surface area contributed by atoms with E-state index in [0.29, 0.717) is 12.5 Å². The third-order valence-corrected chi connectivity index (χ3v) is 3.96. The van der Waals surface area contributed by atoms with Gasteiger partial charge in [0.05, 0.1) is 11.8 Å². The van der Waals surface area contributed by atoms with Gasteiger partial charge in [-0.3, -0.25) is 4.98 Å². The molecule has 0 spiro atoms. The van der Waals surface area contributed by atoms with Gasteiger partial charge in [-0.05, 0) is 44.8 Å². The molecule has 4 rings (SSSR count). The first-order chi connectivity index (χ1) is 11.6. The fraction of sp³-hybridized carbons (Fsp3) is 0.571. The van der Waals surface area contributed by atoms with Gasteiger partial charge in [-0.2, -0.15) is 0 Å². The summed E-state index contributed by atoms with van der Waals surface area (Å²) in [6.07, 6.45) is 6.17. The van der Waals surface area contributed by atoms with Gasteiger partial charge in [0.25, 0.3) is 0 Å². The minimum Gasteiger partial charge on any atom is -0.485 e. The summed E-state index contributed by atoms with van der Waals surface area (Å²) >= 11 is 0. The summed E-state index contributed by atoms with van der Waals surface area (Å²) in [6.45, 7) is 6.06. The van der Waals surface area contributed by atoms with E-state index in [1.165, 1.54) is 18.4 Å². The Labute approximate surface area is 143 Å². The summed E-state index contributed by atoms with van der Waals surface area (Å²) in [5.74, 6) is 1.49. The minimum atomic E-state index is -0.135. The highest BCUT2D eigenvalue weighted by molar-refractivity contribution is 6.72. The Bertz CT molecular complexity index is 589. The average molecular weight is 330 g/mol. The molecule has 3 aliphatic rings. The summed E-state index contributed by atoms with van der Waals surface area (Å²) in [5, 5.41) is 4.00. The monoisotopic (exact) mass is 330 g/mol. The van der Waals surface area contributed by atoms with E-state index >= 15 is 0 Å². The minimum absolute atomic E-state index is 0.135. The smallest absolute Gasteiger partial charge is 0.426 e. The van der Waals surface area contributed by atoms with E-state index in [-0.39, 0.29) is 21.4 Å². The fourth-order valence-electron chi connectivity index (χ4n) is 2.89. The number of fused-ring (bicyclic) bond motifs is 1. The molecule has 3 heterocycles. The van der Waals surface area contributed by atoms with Crippen molar-refractivity contribution in [1.82, 2.24) is 4.98 Å². The van der Waals surface area contributed by atoms with E-state index in [9.17, 15) is 0 Å². The number of hydrogen-bond acceptors (Lipinski definition) is 7. The molecular formula is C14H21B3N2O5. The number of ether oxygens (including phenoxy) is 1. The van der Waals surface area contributed by atoms with E-state index in [2.05, 4.69) is 10.1 Å². The molecule has 126 valence electrons. The van der Waals surface area contributed by atoms with Crippen LogP contribution in [0.3, 0.4) is 0 Å². The SMILES string of the molecule is CB1OB(C)OB(C)O1.CON=C1COc2cncc(C3CC3)c21. The predicted molar refractivity (Wildman–Crippen MR) is 93.4 cm³/mol. The van der Waals surface area contributed by atoms with Gasteiger partial charge >= 0.3 is 21.4 Å². The predicted octanol–water partition coefficient (Wildman–Crippen LogP) is 2.11. The fourth-order valence-corrected chi connectivity index (χ4v) is 2.89. The van der Waals surface area contributed by atoms with Gasteiger partial charge in [-0.25, -0.2) is 0 Å². The number of aromatic nitrogens is 1. The van der Waals surface area contributed by atoms with Crippen molar-refractivity contribution in [1.29, 1.82) is 0 Å². The second-order valence-corrected chi connectivity index (χ2v) is 6.00. The highest BCUT2D eigenvalue weighted by Gasteiger charge is 2.33. The van der Waals surface area contributed by atoms with Gasteiger partial charge in [0.15, 0.2) is 0 Å². The third-order valence-electron chi connectivity index (χ3n) is 3.96. The summed E-state index contributed by atoms with van der Waals surface area (Å²) in [7, 11) is 1.15. The van der Waals surface area contributed by atoms with Gasteiger partial charge in [-0.1, -0.05) is 5.16 Å². The van der Waals surface area contributed by atoms with Crippen molar-refractivity contribution < 1.29 is 23.3 Å². The van der Waals surface area contributed by atoms with Crippen LogP contribution < -0.4 is 4.74 Å². The zero-order chi connectivity index (χ0) is 17.1. The lowest BCUT2D eigenvalue weighted by molar-refractivity contribution is 0.211. The highest BCUT2D eigenvalue weighted by atomic mass is 16.7. The molecule has 0 unspecified atom stereocenters. The van der Waals surface area contributed by atoms with Crippen LogP contribution in [0.4, 0.5) is 0 Å². The van der Waals surface area contributed by atoms with E-state index in [4.69, 9.17) is 23.3 Å². The molecule has 7 nitrogen and oxygen atoms in total. The molecule has 1 aliphatic carbocycles. The van der Waals surface area contributed by atoms with Crippen LogP contribution in [0, 0.1) is 0 Å². The molecule has 0 amide bonds. The molecule has 0 aromatic carbocycles. The Kier molecular flexibility index (Phi) is 5.48. The quantitative estimate of drug-likeness (QED) is 0.611. The maximum atomic E-state index is 5.51. The summed E-state index contributed by atoms with van der Waals surface area (Å²) in [4.78, 5) is 9.02. The lowest BCUT2D eigenvalue weighted by Crippen LogP contribution is -2.44. The van der Waals surface area contributed by atoms with E-state index in [1.807, 2.05) is 26.7 Å². The van der Waals surface area contributed by atoms with Crippen molar-refractivity contribution in [3.8, 4) is 5.75 Å². The van der Waals surface area contributed by atoms with Gasteiger partial charge in [0.2, 0.25) is 0 Å². The zero-order valence-electron chi connectivity index (χ0n) is 14.5. The van der Waals surface area contributed by atoms with Crippen molar-refractivity contribution in [2.24, 2.45) is 5.16 Å². The van der Waals surface area contributed by atoms with Crippen LogP contribution >= 0.6 is 0 Å². The van der Waals surface area contributed by atoms with Crippen LogP contribution in [0.2, 0.25) is 20.5 Å². The summed E-state index contributed by atoms with van der Waals surface area (Å²) in [5.41, 5.74) is 3.26. The number of pyridine rings is 1. The number of nitrogens with zero attached hydrogens (tertiary/aromatic N) is 2. The first-order valence-electron chi connectivity index (χ1n) is 8.26. The van der Waals surface area contributed by atoms with Crippen molar-refractivity contribution in [2.75, 3.05) is 13.7 Å². The molecule has 0 atom stereocenters. The molecule has 2 aliphatic heterocycles.